The van der Waals surface area contributed by atoms with Crippen molar-refractivity contribution in [2.24, 2.45) is 5.92 Å². The molecule has 0 fully saturated rings. The summed E-state index contributed by atoms with van der Waals surface area (Å²) in [5, 5.41) is 7.76. The monoisotopic (exact) mass is 527 g/mol. The quantitative estimate of drug-likeness (QED) is 0.322. The van der Waals surface area contributed by atoms with Gasteiger partial charge in [-0.25, -0.2) is 4.79 Å². The number of amides is 3. The third kappa shape index (κ3) is 9.76. The van der Waals surface area contributed by atoms with Crippen molar-refractivity contribution in [2.45, 2.75) is 58.8 Å². The number of ketones is 1. The first-order valence-electron chi connectivity index (χ1n) is 12.5. The maximum absolute atomic E-state index is 13.0. The fourth-order valence-corrected chi connectivity index (χ4v) is 3.63. The topological polar surface area (TPSA) is 132 Å². The Morgan fingerprint density at radius 3 is 2.03 bits per heavy atom. The molecule has 0 aromatic heterocycles. The van der Waals surface area contributed by atoms with Gasteiger partial charge in [-0.15, -0.1) is 0 Å². The van der Waals surface area contributed by atoms with Crippen LogP contribution in [0.3, 0.4) is 0 Å². The van der Waals surface area contributed by atoms with Crippen molar-refractivity contribution in [3.05, 3.63) is 59.7 Å². The largest absolute Gasteiger partial charge is 0.497 e. The summed E-state index contributed by atoms with van der Waals surface area (Å²) in [7, 11) is 3.03. The maximum Gasteiger partial charge on any atom is 0.408 e. The Hall–Kier alpha value is -4.08. The summed E-state index contributed by atoms with van der Waals surface area (Å²) in [6.45, 7) is 5.61. The van der Waals surface area contributed by atoms with Gasteiger partial charge in [0.15, 0.2) is 0 Å². The molecule has 10 nitrogen and oxygen atoms in total. The van der Waals surface area contributed by atoms with Crippen molar-refractivity contribution in [3.63, 3.8) is 0 Å². The minimum atomic E-state index is -1.06. The zero-order valence-corrected chi connectivity index (χ0v) is 22.5. The molecule has 0 saturated heterocycles. The van der Waals surface area contributed by atoms with E-state index in [0.29, 0.717) is 23.5 Å². The van der Waals surface area contributed by atoms with E-state index in [0.717, 1.165) is 5.56 Å². The number of benzene rings is 2. The first-order valence-corrected chi connectivity index (χ1v) is 12.5. The molecule has 3 amide bonds. The van der Waals surface area contributed by atoms with Crippen LogP contribution in [0.4, 0.5) is 4.79 Å². The van der Waals surface area contributed by atoms with E-state index in [1.807, 2.05) is 44.2 Å². The maximum atomic E-state index is 13.0. The average Bonchev–Trinajstić information content (AvgIpc) is 2.92. The zero-order valence-electron chi connectivity index (χ0n) is 22.5. The van der Waals surface area contributed by atoms with Crippen molar-refractivity contribution in [2.75, 3.05) is 14.2 Å². The summed E-state index contributed by atoms with van der Waals surface area (Å²) in [5.74, 6) is -1.03. The molecule has 0 spiro atoms. The lowest BCUT2D eigenvalue weighted by Gasteiger charge is -2.23. The molecule has 3 N–H and O–H groups in total. The van der Waals surface area contributed by atoms with Crippen molar-refractivity contribution < 1.29 is 33.4 Å². The van der Waals surface area contributed by atoms with Crippen LogP contribution >= 0.6 is 0 Å². The van der Waals surface area contributed by atoms with E-state index in [9.17, 15) is 19.2 Å². The molecule has 0 aliphatic heterocycles. The summed E-state index contributed by atoms with van der Waals surface area (Å²) in [6, 6.07) is 12.3. The Morgan fingerprint density at radius 1 is 0.842 bits per heavy atom. The molecule has 10 heteroatoms. The minimum absolute atomic E-state index is 0.0537. The van der Waals surface area contributed by atoms with Crippen LogP contribution in [0.25, 0.3) is 0 Å². The lowest BCUT2D eigenvalue weighted by molar-refractivity contribution is -0.140. The molecule has 2 atom stereocenters. The van der Waals surface area contributed by atoms with Crippen LogP contribution in [-0.2, 0) is 32.3 Å². The molecule has 0 bridgehead atoms. The summed E-state index contributed by atoms with van der Waals surface area (Å²) in [4.78, 5) is 50.8. The second-order valence-electron chi connectivity index (χ2n) is 9.13. The highest BCUT2D eigenvalue weighted by Crippen LogP contribution is 2.22. The predicted molar refractivity (Wildman–Crippen MR) is 142 cm³/mol. The molecule has 2 aromatic rings. The number of nitrogens with one attached hydrogen (secondary N) is 3. The molecule has 0 radical (unpaired) electrons. The Labute approximate surface area is 223 Å². The second kappa shape index (κ2) is 15.2. The van der Waals surface area contributed by atoms with E-state index < -0.39 is 35.8 Å². The fourth-order valence-electron chi connectivity index (χ4n) is 3.63. The van der Waals surface area contributed by atoms with Gasteiger partial charge in [0.1, 0.15) is 24.1 Å². The highest BCUT2D eigenvalue weighted by atomic mass is 16.5. The van der Waals surface area contributed by atoms with Crippen molar-refractivity contribution in [3.8, 4) is 11.5 Å². The summed E-state index contributed by atoms with van der Waals surface area (Å²) >= 11 is 0. The van der Waals surface area contributed by atoms with E-state index in [1.54, 1.807) is 25.1 Å². The van der Waals surface area contributed by atoms with Crippen LogP contribution in [-0.4, -0.2) is 50.0 Å². The lowest BCUT2D eigenvalue weighted by atomic mass is 10.0. The molecule has 0 heterocycles. The molecule has 0 aliphatic carbocycles. The van der Waals surface area contributed by atoms with Gasteiger partial charge in [-0.2, -0.15) is 0 Å². The zero-order chi connectivity index (χ0) is 28.1. The lowest BCUT2D eigenvalue weighted by Crippen LogP contribution is -2.54. The Bertz CT molecular complexity index is 1070. The van der Waals surface area contributed by atoms with Crippen molar-refractivity contribution >= 4 is 23.7 Å². The molecular formula is C28H37N3O7. The van der Waals surface area contributed by atoms with Gasteiger partial charge in [-0.3, -0.25) is 14.4 Å². The first kappa shape index (κ1) is 30.1. The number of hydrogen-bond acceptors (Lipinski definition) is 7. The highest BCUT2D eigenvalue weighted by molar-refractivity contribution is 6.38. The van der Waals surface area contributed by atoms with Crippen LogP contribution in [0.2, 0.25) is 0 Å². The van der Waals surface area contributed by atoms with E-state index in [1.165, 1.54) is 14.2 Å². The fraction of sp³-hybridized carbons (Fsp3) is 0.429. The molecule has 2 rings (SSSR count). The first-order chi connectivity index (χ1) is 18.2. The van der Waals surface area contributed by atoms with Crippen LogP contribution in [0.1, 0.15) is 44.7 Å². The Morgan fingerprint density at radius 2 is 1.47 bits per heavy atom. The molecule has 0 unspecified atom stereocenters. The summed E-state index contributed by atoms with van der Waals surface area (Å²) in [5.41, 5.74) is 1.48. The van der Waals surface area contributed by atoms with Gasteiger partial charge >= 0.3 is 6.09 Å². The molecule has 2 aromatic carbocycles. The molecule has 0 aliphatic rings. The Kier molecular flexibility index (Phi) is 12.1. The standard InChI is InChI=1S/C28H37N3O7/c1-6-23(25(32)27(34)29-16-20-13-21(36-4)15-22(14-20)37-5)30-26(33)24(12-18(2)3)31-28(35)38-17-19-10-8-7-9-11-19/h7-11,13-15,18,23-24H,6,12,16-17H2,1-5H3,(H,29,34)(H,30,33)(H,31,35)/t23-,24-/m0/s1. The minimum Gasteiger partial charge on any atom is -0.497 e. The van der Waals surface area contributed by atoms with Crippen LogP contribution in [0.5, 0.6) is 11.5 Å². The number of carbonyl (C=O) groups is 4. The normalized spacial score (nSPS) is 12.2. The van der Waals surface area contributed by atoms with Crippen LogP contribution < -0.4 is 25.4 Å². The van der Waals surface area contributed by atoms with Crippen molar-refractivity contribution in [1.29, 1.82) is 0 Å². The smallest absolute Gasteiger partial charge is 0.408 e. The summed E-state index contributed by atoms with van der Waals surface area (Å²) < 4.78 is 15.7. The third-order valence-corrected chi connectivity index (χ3v) is 5.66. The molecule has 0 saturated carbocycles. The van der Waals surface area contributed by atoms with Gasteiger partial charge in [0.05, 0.1) is 20.3 Å². The SMILES string of the molecule is CC[C@H](NC(=O)[C@H](CC(C)C)NC(=O)OCc1ccccc1)C(=O)C(=O)NCc1cc(OC)cc(OC)c1. The van der Waals surface area contributed by atoms with Gasteiger partial charge in [-0.05, 0) is 42.0 Å². The second-order valence-corrected chi connectivity index (χ2v) is 9.13. The Balaban J connectivity index is 1.97. The predicted octanol–water partition coefficient (Wildman–Crippen LogP) is 3.13. The number of ether oxygens (including phenoxy) is 3. The van der Waals surface area contributed by atoms with E-state index in [4.69, 9.17) is 14.2 Å². The highest BCUT2D eigenvalue weighted by Gasteiger charge is 2.29. The third-order valence-electron chi connectivity index (χ3n) is 5.66. The van der Waals surface area contributed by atoms with Gasteiger partial charge in [0, 0.05) is 12.6 Å². The number of Topliss-reactive ketones (excluding diaryl/α,β-unsaturated/α-hetero) is 1. The average molecular weight is 528 g/mol. The number of hydrogen-bond donors (Lipinski definition) is 3. The number of carbonyl (C=O) groups excluding carboxylic acids is 4. The molecular weight excluding hydrogens is 490 g/mol. The number of rotatable bonds is 14. The van der Waals surface area contributed by atoms with Gasteiger partial charge < -0.3 is 30.2 Å². The number of methoxy groups -OCH3 is 2. The molecule has 38 heavy (non-hydrogen) atoms. The van der Waals surface area contributed by atoms with E-state index in [-0.39, 0.29) is 25.5 Å². The van der Waals surface area contributed by atoms with E-state index >= 15 is 0 Å². The van der Waals surface area contributed by atoms with Gasteiger partial charge in [-0.1, -0.05) is 51.1 Å². The van der Waals surface area contributed by atoms with Gasteiger partial charge in [0.2, 0.25) is 11.7 Å². The number of alkyl carbamates (subject to hydrolysis) is 1. The van der Waals surface area contributed by atoms with Crippen LogP contribution in [0, 0.1) is 5.92 Å². The summed E-state index contributed by atoms with van der Waals surface area (Å²) in [6.07, 6.45) is -0.237. The molecule has 206 valence electrons. The van der Waals surface area contributed by atoms with Crippen molar-refractivity contribution in [1.82, 2.24) is 16.0 Å². The van der Waals surface area contributed by atoms with Gasteiger partial charge in [0.25, 0.3) is 5.91 Å². The van der Waals surface area contributed by atoms with Crippen LogP contribution in [0.15, 0.2) is 48.5 Å². The van der Waals surface area contributed by atoms with E-state index in [2.05, 4.69) is 16.0 Å².